The van der Waals surface area contributed by atoms with Crippen molar-refractivity contribution in [2.24, 2.45) is 0 Å². The molecule has 0 bridgehead atoms. The van der Waals surface area contributed by atoms with Crippen molar-refractivity contribution in [3.05, 3.63) is 0 Å². The number of carboxylic acid groups (broad SMARTS) is 1. The molecule has 0 saturated carbocycles. The summed E-state index contributed by atoms with van der Waals surface area (Å²) in [5.41, 5.74) is -1.41. The van der Waals surface area contributed by atoms with E-state index in [1.54, 1.807) is 6.92 Å². The Morgan fingerprint density at radius 2 is 1.91 bits per heavy atom. The van der Waals surface area contributed by atoms with Crippen LogP contribution in [0.5, 0.6) is 0 Å². The molecule has 0 saturated heterocycles. The molecule has 0 spiro atoms. The Balaban J connectivity index is 4.12. The molecule has 0 unspecified atom stereocenters. The number of carbonyl (C=O) groups is 2. The van der Waals surface area contributed by atoms with Gasteiger partial charge in [0.05, 0.1) is 0 Å². The summed E-state index contributed by atoms with van der Waals surface area (Å²) in [5.74, 6) is -1.64. The Morgan fingerprint density at radius 3 is 2.18 bits per heavy atom. The van der Waals surface area contributed by atoms with Crippen molar-refractivity contribution in [2.45, 2.75) is 32.8 Å². The van der Waals surface area contributed by atoms with Crippen molar-refractivity contribution in [1.82, 2.24) is 0 Å². The van der Waals surface area contributed by atoms with Gasteiger partial charge >= 0.3 is 11.9 Å². The molecule has 11 heavy (non-hydrogen) atoms. The summed E-state index contributed by atoms with van der Waals surface area (Å²) in [5, 5.41) is 8.51. The third-order valence-electron chi connectivity index (χ3n) is 1.17. The van der Waals surface area contributed by atoms with E-state index >= 15 is 0 Å². The summed E-state index contributed by atoms with van der Waals surface area (Å²) in [6, 6.07) is 0. The second-order valence-electron chi connectivity index (χ2n) is 2.64. The lowest BCUT2D eigenvalue weighted by Crippen LogP contribution is -2.36. The molecule has 0 heterocycles. The molecule has 1 N–H and O–H groups in total. The molecule has 0 atom stereocenters. The molecule has 64 valence electrons. The summed E-state index contributed by atoms with van der Waals surface area (Å²) < 4.78 is 4.61. The van der Waals surface area contributed by atoms with Crippen LogP contribution in [-0.2, 0) is 14.3 Å². The van der Waals surface area contributed by atoms with E-state index in [1.165, 1.54) is 13.8 Å². The van der Waals surface area contributed by atoms with Crippen molar-refractivity contribution in [1.29, 1.82) is 0 Å². The third kappa shape index (κ3) is 3.02. The van der Waals surface area contributed by atoms with Crippen LogP contribution in [0.4, 0.5) is 0 Å². The molecule has 0 aliphatic carbocycles. The number of hydrogen-bond donors (Lipinski definition) is 1. The van der Waals surface area contributed by atoms with E-state index in [4.69, 9.17) is 5.11 Å². The highest BCUT2D eigenvalue weighted by Crippen LogP contribution is 2.09. The number of rotatable bonds is 3. The Bertz CT molecular complexity index is 171. The summed E-state index contributed by atoms with van der Waals surface area (Å²) in [6.45, 7) is 4.28. The van der Waals surface area contributed by atoms with Crippen molar-refractivity contribution in [2.75, 3.05) is 0 Å². The Morgan fingerprint density at radius 1 is 1.45 bits per heavy atom. The fourth-order valence-electron chi connectivity index (χ4n) is 0.400. The molecule has 0 aromatic carbocycles. The maximum absolute atomic E-state index is 10.6. The Labute approximate surface area is 65.2 Å². The van der Waals surface area contributed by atoms with Gasteiger partial charge in [0, 0.05) is 6.42 Å². The summed E-state index contributed by atoms with van der Waals surface area (Å²) in [7, 11) is 0. The normalized spacial score (nSPS) is 10.8. The van der Waals surface area contributed by atoms with Crippen molar-refractivity contribution in [3.8, 4) is 0 Å². The Kier molecular flexibility index (Phi) is 3.04. The largest absolute Gasteiger partial charge is 0.478 e. The fraction of sp³-hybridized carbons (Fsp3) is 0.714. The van der Waals surface area contributed by atoms with Gasteiger partial charge in [-0.05, 0) is 13.8 Å². The lowest BCUT2D eigenvalue weighted by atomic mass is 10.1. The van der Waals surface area contributed by atoms with E-state index < -0.39 is 17.5 Å². The number of carbonyl (C=O) groups excluding carboxylic acids is 1. The molecular formula is C7H12O4. The first-order chi connectivity index (χ1) is 4.90. The van der Waals surface area contributed by atoms with E-state index in [-0.39, 0.29) is 6.42 Å². The van der Waals surface area contributed by atoms with Crippen LogP contribution in [0.2, 0.25) is 0 Å². The van der Waals surface area contributed by atoms with E-state index in [0.717, 1.165) is 0 Å². The van der Waals surface area contributed by atoms with Crippen LogP contribution in [0.3, 0.4) is 0 Å². The highest BCUT2D eigenvalue weighted by molar-refractivity contribution is 5.80. The van der Waals surface area contributed by atoms with Crippen molar-refractivity contribution < 1.29 is 19.4 Å². The van der Waals surface area contributed by atoms with E-state index in [2.05, 4.69) is 4.74 Å². The lowest BCUT2D eigenvalue weighted by Gasteiger charge is -2.19. The van der Waals surface area contributed by atoms with Gasteiger partial charge in [-0.25, -0.2) is 4.79 Å². The molecule has 0 radical (unpaired) electrons. The molecule has 0 aromatic heterocycles. The van der Waals surface area contributed by atoms with Gasteiger partial charge < -0.3 is 9.84 Å². The van der Waals surface area contributed by atoms with Crippen LogP contribution >= 0.6 is 0 Å². The molecule has 0 fully saturated rings. The smallest absolute Gasteiger partial charge is 0.347 e. The predicted octanol–water partition coefficient (Wildman–Crippen LogP) is 0.803. The van der Waals surface area contributed by atoms with Gasteiger partial charge in [0.1, 0.15) is 0 Å². The van der Waals surface area contributed by atoms with Crippen LogP contribution in [0.15, 0.2) is 0 Å². The molecule has 0 rings (SSSR count). The summed E-state index contributed by atoms with van der Waals surface area (Å²) >= 11 is 0. The maximum atomic E-state index is 10.6. The van der Waals surface area contributed by atoms with E-state index in [9.17, 15) is 9.59 Å². The second kappa shape index (κ2) is 3.37. The average molecular weight is 160 g/mol. The lowest BCUT2D eigenvalue weighted by molar-refractivity contribution is -0.174. The first kappa shape index (κ1) is 9.94. The quantitative estimate of drug-likeness (QED) is 0.620. The van der Waals surface area contributed by atoms with Crippen LogP contribution < -0.4 is 0 Å². The fourth-order valence-corrected chi connectivity index (χ4v) is 0.400. The van der Waals surface area contributed by atoms with Gasteiger partial charge in [-0.2, -0.15) is 0 Å². The minimum atomic E-state index is -1.41. The van der Waals surface area contributed by atoms with Crippen molar-refractivity contribution >= 4 is 11.9 Å². The monoisotopic (exact) mass is 160 g/mol. The standard InChI is InChI=1S/C7H12O4/c1-4-5(8)11-7(2,3)6(9)10/h4H2,1-3H3,(H,9,10). The summed E-state index contributed by atoms with van der Waals surface area (Å²) in [6.07, 6.45) is 0.191. The van der Waals surface area contributed by atoms with Crippen molar-refractivity contribution in [3.63, 3.8) is 0 Å². The minimum Gasteiger partial charge on any atom is -0.478 e. The molecule has 0 amide bonds. The van der Waals surface area contributed by atoms with E-state index in [0.29, 0.717) is 0 Å². The van der Waals surface area contributed by atoms with Crippen LogP contribution in [0, 0.1) is 0 Å². The third-order valence-corrected chi connectivity index (χ3v) is 1.17. The van der Waals surface area contributed by atoms with Gasteiger partial charge in [-0.15, -0.1) is 0 Å². The zero-order valence-corrected chi connectivity index (χ0v) is 6.88. The molecule has 4 heteroatoms. The Hall–Kier alpha value is -1.06. The highest BCUT2D eigenvalue weighted by atomic mass is 16.6. The van der Waals surface area contributed by atoms with Gasteiger partial charge in [0.2, 0.25) is 5.60 Å². The molecule has 0 aliphatic rings. The van der Waals surface area contributed by atoms with Gasteiger partial charge in [-0.1, -0.05) is 6.92 Å². The summed E-state index contributed by atoms with van der Waals surface area (Å²) in [4.78, 5) is 21.0. The SMILES string of the molecule is CCC(=O)OC(C)(C)C(=O)O. The zero-order chi connectivity index (χ0) is 9.07. The van der Waals surface area contributed by atoms with E-state index in [1.807, 2.05) is 0 Å². The maximum Gasteiger partial charge on any atom is 0.347 e. The minimum absolute atomic E-state index is 0.191. The zero-order valence-electron chi connectivity index (χ0n) is 6.88. The van der Waals surface area contributed by atoms with Gasteiger partial charge in [0.15, 0.2) is 0 Å². The van der Waals surface area contributed by atoms with Gasteiger partial charge in [0.25, 0.3) is 0 Å². The first-order valence-electron chi connectivity index (χ1n) is 3.35. The molecule has 0 aliphatic heterocycles. The highest BCUT2D eigenvalue weighted by Gasteiger charge is 2.30. The number of esters is 1. The topological polar surface area (TPSA) is 63.6 Å². The van der Waals surface area contributed by atoms with Crippen LogP contribution in [0.1, 0.15) is 27.2 Å². The van der Waals surface area contributed by atoms with Crippen LogP contribution in [-0.4, -0.2) is 22.6 Å². The first-order valence-corrected chi connectivity index (χ1v) is 3.35. The number of aliphatic carboxylic acids is 1. The predicted molar refractivity (Wildman–Crippen MR) is 38.1 cm³/mol. The average Bonchev–Trinajstić information content (AvgIpc) is 1.86. The number of ether oxygens (including phenoxy) is 1. The molecule has 0 aromatic rings. The molecule has 4 nitrogen and oxygen atoms in total. The molecular weight excluding hydrogens is 148 g/mol. The second-order valence-corrected chi connectivity index (χ2v) is 2.64. The van der Waals surface area contributed by atoms with Gasteiger partial charge in [-0.3, -0.25) is 4.79 Å². The number of hydrogen-bond acceptors (Lipinski definition) is 3. The number of carboxylic acids is 1. The van der Waals surface area contributed by atoms with Crippen LogP contribution in [0.25, 0.3) is 0 Å².